The first-order chi connectivity index (χ1) is 7.47. The Labute approximate surface area is 113 Å². The van der Waals surface area contributed by atoms with Crippen LogP contribution >= 0.6 is 24.0 Å². The maximum absolute atomic E-state index is 11.9. The second-order valence-electron chi connectivity index (χ2n) is 3.47. The van der Waals surface area contributed by atoms with E-state index in [-0.39, 0.29) is 28.4 Å². The molecule has 17 heavy (non-hydrogen) atoms. The number of benzene rings is 1. The van der Waals surface area contributed by atoms with Crippen LogP contribution in [-0.2, 0) is 10.0 Å². The highest BCUT2D eigenvalue weighted by atomic mass is 35.5. The van der Waals surface area contributed by atoms with E-state index in [4.69, 9.17) is 11.6 Å². The third-order valence-electron chi connectivity index (χ3n) is 2.20. The molecule has 0 aliphatic carbocycles. The molecule has 1 atom stereocenters. The zero-order valence-electron chi connectivity index (χ0n) is 9.60. The Balaban J connectivity index is 0.00000256. The number of halogens is 2. The van der Waals surface area contributed by atoms with Crippen LogP contribution in [0.25, 0.3) is 0 Å². The average Bonchev–Trinajstić information content (AvgIpc) is 2.26. The van der Waals surface area contributed by atoms with Crippen LogP contribution in [0.5, 0.6) is 0 Å². The van der Waals surface area contributed by atoms with Crippen molar-refractivity contribution in [1.82, 2.24) is 10.0 Å². The Morgan fingerprint density at radius 1 is 1.35 bits per heavy atom. The van der Waals surface area contributed by atoms with Gasteiger partial charge < -0.3 is 5.32 Å². The van der Waals surface area contributed by atoms with E-state index in [0.29, 0.717) is 6.54 Å². The van der Waals surface area contributed by atoms with E-state index in [9.17, 15) is 8.42 Å². The van der Waals surface area contributed by atoms with E-state index in [0.717, 1.165) is 0 Å². The lowest BCUT2D eigenvalue weighted by Gasteiger charge is -2.12. The minimum absolute atomic E-state index is 0. The van der Waals surface area contributed by atoms with E-state index in [2.05, 4.69) is 10.0 Å². The van der Waals surface area contributed by atoms with E-state index in [1.165, 1.54) is 6.07 Å². The molecule has 4 nitrogen and oxygen atoms in total. The van der Waals surface area contributed by atoms with Gasteiger partial charge in [0.1, 0.15) is 4.90 Å². The van der Waals surface area contributed by atoms with Crippen LogP contribution in [0.2, 0.25) is 5.02 Å². The summed E-state index contributed by atoms with van der Waals surface area (Å²) >= 11 is 5.82. The number of hydrogen-bond donors (Lipinski definition) is 2. The van der Waals surface area contributed by atoms with Crippen molar-refractivity contribution >= 4 is 34.0 Å². The summed E-state index contributed by atoms with van der Waals surface area (Å²) < 4.78 is 26.2. The highest BCUT2D eigenvalue weighted by molar-refractivity contribution is 7.89. The third kappa shape index (κ3) is 4.81. The summed E-state index contributed by atoms with van der Waals surface area (Å²) in [7, 11) is -1.75. The van der Waals surface area contributed by atoms with Gasteiger partial charge in [-0.15, -0.1) is 12.4 Å². The lowest BCUT2D eigenvalue weighted by atomic mass is 10.4. The SMILES string of the molecule is CNC(C)CNS(=O)(=O)c1ccccc1Cl.Cl. The van der Waals surface area contributed by atoms with Crippen molar-refractivity contribution in [2.24, 2.45) is 0 Å². The summed E-state index contributed by atoms with van der Waals surface area (Å²) in [5, 5.41) is 3.17. The normalized spacial score (nSPS) is 12.9. The van der Waals surface area contributed by atoms with Crippen LogP contribution in [0.1, 0.15) is 6.92 Å². The first-order valence-corrected chi connectivity index (χ1v) is 6.75. The average molecular weight is 299 g/mol. The molecule has 2 N–H and O–H groups in total. The Bertz CT molecular complexity index is 451. The Morgan fingerprint density at radius 2 is 1.94 bits per heavy atom. The molecule has 98 valence electrons. The molecule has 0 fully saturated rings. The molecule has 0 heterocycles. The molecule has 0 saturated carbocycles. The molecule has 1 aromatic rings. The van der Waals surface area contributed by atoms with Crippen molar-refractivity contribution in [1.29, 1.82) is 0 Å². The quantitative estimate of drug-likeness (QED) is 0.869. The van der Waals surface area contributed by atoms with Gasteiger partial charge in [-0.25, -0.2) is 13.1 Å². The molecule has 1 aromatic carbocycles. The highest BCUT2D eigenvalue weighted by Crippen LogP contribution is 2.19. The lowest BCUT2D eigenvalue weighted by molar-refractivity contribution is 0.554. The topological polar surface area (TPSA) is 58.2 Å². The maximum Gasteiger partial charge on any atom is 0.242 e. The maximum atomic E-state index is 11.9. The van der Waals surface area contributed by atoms with Crippen molar-refractivity contribution in [2.45, 2.75) is 17.9 Å². The van der Waals surface area contributed by atoms with E-state index in [1.54, 1.807) is 25.2 Å². The van der Waals surface area contributed by atoms with Crippen LogP contribution in [0.4, 0.5) is 0 Å². The Morgan fingerprint density at radius 3 is 2.47 bits per heavy atom. The minimum Gasteiger partial charge on any atom is -0.316 e. The predicted octanol–water partition coefficient (Wildman–Crippen LogP) is 1.65. The van der Waals surface area contributed by atoms with Crippen molar-refractivity contribution in [3.8, 4) is 0 Å². The van der Waals surface area contributed by atoms with E-state index in [1.807, 2.05) is 6.92 Å². The Hall–Kier alpha value is -0.330. The van der Waals surface area contributed by atoms with Gasteiger partial charge in [0, 0.05) is 12.6 Å². The van der Waals surface area contributed by atoms with Gasteiger partial charge in [-0.05, 0) is 26.1 Å². The van der Waals surface area contributed by atoms with Crippen LogP contribution in [0, 0.1) is 0 Å². The summed E-state index contributed by atoms with van der Waals surface area (Å²) in [5.74, 6) is 0. The van der Waals surface area contributed by atoms with Crippen molar-refractivity contribution in [3.05, 3.63) is 29.3 Å². The number of rotatable bonds is 5. The van der Waals surface area contributed by atoms with Crippen LogP contribution in [0.3, 0.4) is 0 Å². The van der Waals surface area contributed by atoms with Crippen LogP contribution < -0.4 is 10.0 Å². The van der Waals surface area contributed by atoms with Crippen molar-refractivity contribution in [2.75, 3.05) is 13.6 Å². The summed E-state index contributed by atoms with van der Waals surface area (Å²) in [6.45, 7) is 2.21. The van der Waals surface area contributed by atoms with Crippen LogP contribution in [-0.4, -0.2) is 28.1 Å². The van der Waals surface area contributed by atoms with Gasteiger partial charge in [0.25, 0.3) is 0 Å². The third-order valence-corrected chi connectivity index (χ3v) is 4.12. The summed E-state index contributed by atoms with van der Waals surface area (Å²) in [4.78, 5) is 0.111. The zero-order chi connectivity index (χ0) is 12.2. The molecule has 1 rings (SSSR count). The molecule has 0 bridgehead atoms. The fourth-order valence-corrected chi connectivity index (χ4v) is 2.73. The van der Waals surface area contributed by atoms with Gasteiger partial charge >= 0.3 is 0 Å². The van der Waals surface area contributed by atoms with E-state index >= 15 is 0 Å². The summed E-state index contributed by atoms with van der Waals surface area (Å²) in [6.07, 6.45) is 0. The lowest BCUT2D eigenvalue weighted by Crippen LogP contribution is -2.37. The number of likely N-dealkylation sites (N-methyl/N-ethyl adjacent to an activating group) is 1. The molecule has 1 unspecified atom stereocenters. The highest BCUT2D eigenvalue weighted by Gasteiger charge is 2.17. The van der Waals surface area contributed by atoms with Gasteiger partial charge in [-0.2, -0.15) is 0 Å². The number of sulfonamides is 1. The monoisotopic (exact) mass is 298 g/mol. The second kappa shape index (κ2) is 7.18. The molecule has 0 aliphatic heterocycles. The number of nitrogens with one attached hydrogen (secondary N) is 2. The molecule has 0 aromatic heterocycles. The van der Waals surface area contributed by atoms with Gasteiger partial charge in [0.2, 0.25) is 10.0 Å². The van der Waals surface area contributed by atoms with Gasteiger partial charge in [-0.1, -0.05) is 23.7 Å². The predicted molar refractivity (Wildman–Crippen MR) is 72.4 cm³/mol. The molecule has 0 saturated heterocycles. The molecule has 0 aliphatic rings. The molecule has 0 radical (unpaired) electrons. The standard InChI is InChI=1S/C10H15ClN2O2S.ClH/c1-8(12-2)7-13-16(14,15)10-6-4-3-5-9(10)11;/h3-6,8,12-13H,7H2,1-2H3;1H. The van der Waals surface area contributed by atoms with Gasteiger partial charge in [0.05, 0.1) is 5.02 Å². The van der Waals surface area contributed by atoms with Gasteiger partial charge in [0.15, 0.2) is 0 Å². The summed E-state index contributed by atoms with van der Waals surface area (Å²) in [6, 6.07) is 6.43. The van der Waals surface area contributed by atoms with E-state index < -0.39 is 10.0 Å². The molecular weight excluding hydrogens is 283 g/mol. The van der Waals surface area contributed by atoms with Crippen molar-refractivity contribution < 1.29 is 8.42 Å². The zero-order valence-corrected chi connectivity index (χ0v) is 12.0. The van der Waals surface area contributed by atoms with Crippen LogP contribution in [0.15, 0.2) is 29.2 Å². The molecular formula is C10H16Cl2N2O2S. The largest absolute Gasteiger partial charge is 0.316 e. The smallest absolute Gasteiger partial charge is 0.242 e. The van der Waals surface area contributed by atoms with Gasteiger partial charge in [-0.3, -0.25) is 0 Å². The summed E-state index contributed by atoms with van der Waals surface area (Å²) in [5.41, 5.74) is 0. The molecule has 7 heteroatoms. The fraction of sp³-hybridized carbons (Fsp3) is 0.400. The fourth-order valence-electron chi connectivity index (χ4n) is 1.08. The molecule has 0 spiro atoms. The first-order valence-electron chi connectivity index (χ1n) is 4.89. The minimum atomic E-state index is -3.52. The second-order valence-corrected chi connectivity index (χ2v) is 5.61. The Kier molecular flexibility index (Phi) is 7.04. The number of hydrogen-bond acceptors (Lipinski definition) is 3. The first kappa shape index (κ1) is 16.7. The van der Waals surface area contributed by atoms with Crippen molar-refractivity contribution in [3.63, 3.8) is 0 Å². The molecule has 0 amide bonds.